The first-order chi connectivity index (χ1) is 7.85. The summed E-state index contributed by atoms with van der Waals surface area (Å²) < 4.78 is 29.6. The third-order valence-corrected chi connectivity index (χ3v) is 5.16. The average molecular weight is 255 g/mol. The zero-order valence-electron chi connectivity index (χ0n) is 10.0. The lowest BCUT2D eigenvalue weighted by molar-refractivity contribution is 0.242. The first kappa shape index (κ1) is 12.4. The van der Waals surface area contributed by atoms with E-state index in [1.807, 2.05) is 13.8 Å². The number of sulfone groups is 1. The van der Waals surface area contributed by atoms with Gasteiger partial charge in [0.2, 0.25) is 0 Å². The number of benzene rings is 1. The Bertz CT molecular complexity index is 501. The van der Waals surface area contributed by atoms with E-state index in [-0.39, 0.29) is 11.0 Å². The molecule has 0 spiro atoms. The van der Waals surface area contributed by atoms with Gasteiger partial charge in [-0.2, -0.15) is 0 Å². The van der Waals surface area contributed by atoms with E-state index >= 15 is 0 Å². The SMILES string of the molecule is CC(C)Oc1ccc(S(=O)(=O)C2(N)CC2)cc1. The number of nitrogens with two attached hydrogens (primary N) is 1. The predicted molar refractivity (Wildman–Crippen MR) is 65.5 cm³/mol. The van der Waals surface area contributed by atoms with Crippen LogP contribution in [0.2, 0.25) is 0 Å². The van der Waals surface area contributed by atoms with E-state index in [1.165, 1.54) is 0 Å². The van der Waals surface area contributed by atoms with Crippen molar-refractivity contribution >= 4 is 9.84 Å². The van der Waals surface area contributed by atoms with Gasteiger partial charge >= 0.3 is 0 Å². The Kier molecular flexibility index (Phi) is 2.91. The number of rotatable bonds is 4. The van der Waals surface area contributed by atoms with E-state index in [0.29, 0.717) is 18.6 Å². The van der Waals surface area contributed by atoms with E-state index in [4.69, 9.17) is 10.5 Å². The second-order valence-corrected chi connectivity index (χ2v) is 7.00. The second kappa shape index (κ2) is 3.99. The van der Waals surface area contributed by atoms with Gasteiger partial charge < -0.3 is 10.5 Å². The molecule has 0 bridgehead atoms. The number of hydrogen-bond donors (Lipinski definition) is 1. The highest BCUT2D eigenvalue weighted by Crippen LogP contribution is 2.41. The molecule has 0 saturated heterocycles. The fourth-order valence-corrected chi connectivity index (χ4v) is 3.20. The Morgan fingerprint density at radius 1 is 1.24 bits per heavy atom. The summed E-state index contributed by atoms with van der Waals surface area (Å²) in [6.07, 6.45) is 1.15. The van der Waals surface area contributed by atoms with Crippen LogP contribution in [0.15, 0.2) is 29.2 Å². The summed E-state index contributed by atoms with van der Waals surface area (Å²) in [7, 11) is -3.39. The normalized spacial score (nSPS) is 18.1. The molecule has 0 aliphatic heterocycles. The smallest absolute Gasteiger partial charge is 0.196 e. The van der Waals surface area contributed by atoms with Crippen LogP contribution in [0.3, 0.4) is 0 Å². The molecule has 4 nitrogen and oxygen atoms in total. The standard InChI is InChI=1S/C12H17NO3S/c1-9(2)16-10-3-5-11(6-4-10)17(14,15)12(13)7-8-12/h3-6,9H,7-8,13H2,1-2H3. The van der Waals surface area contributed by atoms with E-state index in [1.54, 1.807) is 24.3 Å². The predicted octanol–water partition coefficient (Wildman–Crippen LogP) is 1.70. The molecule has 1 aromatic carbocycles. The summed E-state index contributed by atoms with van der Waals surface area (Å²) in [5, 5.41) is 0. The molecule has 0 atom stereocenters. The van der Waals surface area contributed by atoms with Crippen LogP contribution in [-0.2, 0) is 9.84 Å². The Hall–Kier alpha value is -1.07. The summed E-state index contributed by atoms with van der Waals surface area (Å²) >= 11 is 0. The topological polar surface area (TPSA) is 69.4 Å². The molecule has 0 radical (unpaired) electrons. The fourth-order valence-electron chi connectivity index (χ4n) is 1.60. The summed E-state index contributed by atoms with van der Waals surface area (Å²) in [5.41, 5.74) is 5.76. The zero-order valence-corrected chi connectivity index (χ0v) is 10.8. The lowest BCUT2D eigenvalue weighted by atomic mass is 10.3. The van der Waals surface area contributed by atoms with Crippen LogP contribution >= 0.6 is 0 Å². The Morgan fingerprint density at radius 3 is 2.18 bits per heavy atom. The summed E-state index contributed by atoms with van der Waals surface area (Å²) in [6, 6.07) is 6.44. The van der Waals surface area contributed by atoms with Crippen molar-refractivity contribution < 1.29 is 13.2 Å². The largest absolute Gasteiger partial charge is 0.491 e. The van der Waals surface area contributed by atoms with Crippen LogP contribution in [0.5, 0.6) is 5.75 Å². The minimum atomic E-state index is -3.39. The maximum Gasteiger partial charge on any atom is 0.196 e. The van der Waals surface area contributed by atoms with Gasteiger partial charge in [-0.1, -0.05) is 0 Å². The van der Waals surface area contributed by atoms with Gasteiger partial charge in [-0.15, -0.1) is 0 Å². The van der Waals surface area contributed by atoms with Crippen LogP contribution in [0.25, 0.3) is 0 Å². The van der Waals surface area contributed by atoms with Crippen molar-refractivity contribution in [3.63, 3.8) is 0 Å². The molecular weight excluding hydrogens is 238 g/mol. The molecule has 0 amide bonds. The molecule has 17 heavy (non-hydrogen) atoms. The highest BCUT2D eigenvalue weighted by Gasteiger charge is 2.51. The molecular formula is C12H17NO3S. The van der Waals surface area contributed by atoms with Crippen LogP contribution in [0, 0.1) is 0 Å². The molecule has 1 saturated carbocycles. The van der Waals surface area contributed by atoms with Gasteiger partial charge in [0.25, 0.3) is 0 Å². The third kappa shape index (κ3) is 2.30. The molecule has 1 aliphatic rings. The molecule has 94 valence electrons. The van der Waals surface area contributed by atoms with Crippen molar-refractivity contribution in [2.45, 2.75) is 42.6 Å². The molecule has 1 aliphatic carbocycles. The minimum Gasteiger partial charge on any atom is -0.491 e. The molecule has 1 fully saturated rings. The molecule has 0 aromatic heterocycles. The monoisotopic (exact) mass is 255 g/mol. The average Bonchev–Trinajstić information content (AvgIpc) is 2.98. The molecule has 2 rings (SSSR count). The molecule has 0 unspecified atom stereocenters. The second-order valence-electron chi connectivity index (χ2n) is 4.71. The van der Waals surface area contributed by atoms with E-state index in [9.17, 15) is 8.42 Å². The van der Waals surface area contributed by atoms with Gasteiger partial charge in [-0.25, -0.2) is 8.42 Å². The van der Waals surface area contributed by atoms with E-state index < -0.39 is 14.7 Å². The van der Waals surface area contributed by atoms with Crippen LogP contribution in [-0.4, -0.2) is 19.4 Å². The Morgan fingerprint density at radius 2 is 1.76 bits per heavy atom. The maximum absolute atomic E-state index is 12.1. The van der Waals surface area contributed by atoms with Gasteiger partial charge in [-0.3, -0.25) is 0 Å². The molecule has 5 heteroatoms. The van der Waals surface area contributed by atoms with Gasteiger partial charge in [0.05, 0.1) is 11.0 Å². The van der Waals surface area contributed by atoms with Gasteiger partial charge in [0.1, 0.15) is 10.6 Å². The summed E-state index contributed by atoms with van der Waals surface area (Å²) in [5.74, 6) is 0.667. The van der Waals surface area contributed by atoms with Gasteiger partial charge in [0.15, 0.2) is 9.84 Å². The van der Waals surface area contributed by atoms with Crippen molar-refractivity contribution in [3.05, 3.63) is 24.3 Å². The quantitative estimate of drug-likeness (QED) is 0.889. The minimum absolute atomic E-state index is 0.0711. The van der Waals surface area contributed by atoms with Gasteiger partial charge in [0, 0.05) is 0 Å². The molecule has 2 N–H and O–H groups in total. The number of hydrogen-bond acceptors (Lipinski definition) is 4. The van der Waals surface area contributed by atoms with E-state index in [0.717, 1.165) is 0 Å². The van der Waals surface area contributed by atoms with Crippen LogP contribution < -0.4 is 10.5 Å². The Balaban J connectivity index is 2.24. The lowest BCUT2D eigenvalue weighted by Gasteiger charge is -2.13. The first-order valence-electron chi connectivity index (χ1n) is 5.65. The molecule has 1 aromatic rings. The first-order valence-corrected chi connectivity index (χ1v) is 7.14. The van der Waals surface area contributed by atoms with Crippen molar-refractivity contribution in [1.82, 2.24) is 0 Å². The van der Waals surface area contributed by atoms with Crippen molar-refractivity contribution in [2.75, 3.05) is 0 Å². The fraction of sp³-hybridized carbons (Fsp3) is 0.500. The number of ether oxygens (including phenoxy) is 1. The highest BCUT2D eigenvalue weighted by molar-refractivity contribution is 7.93. The van der Waals surface area contributed by atoms with E-state index in [2.05, 4.69) is 0 Å². The summed E-state index contributed by atoms with van der Waals surface area (Å²) in [6.45, 7) is 3.84. The highest BCUT2D eigenvalue weighted by atomic mass is 32.2. The summed E-state index contributed by atoms with van der Waals surface area (Å²) in [4.78, 5) is -0.762. The van der Waals surface area contributed by atoms with Crippen LogP contribution in [0.1, 0.15) is 26.7 Å². The van der Waals surface area contributed by atoms with Crippen LogP contribution in [0.4, 0.5) is 0 Å². The Labute approximate surface area is 102 Å². The zero-order chi connectivity index (χ0) is 12.7. The van der Waals surface area contributed by atoms with Crippen molar-refractivity contribution in [3.8, 4) is 5.75 Å². The van der Waals surface area contributed by atoms with Crippen molar-refractivity contribution in [1.29, 1.82) is 0 Å². The molecule has 0 heterocycles. The lowest BCUT2D eigenvalue weighted by Crippen LogP contribution is -2.32. The third-order valence-electron chi connectivity index (χ3n) is 2.78. The van der Waals surface area contributed by atoms with Gasteiger partial charge in [-0.05, 0) is 51.0 Å². The van der Waals surface area contributed by atoms with Crippen molar-refractivity contribution in [2.24, 2.45) is 5.73 Å². The maximum atomic E-state index is 12.1.